The average molecular weight is 238 g/mol. The van der Waals surface area contributed by atoms with Gasteiger partial charge in [0, 0.05) is 23.0 Å². The van der Waals surface area contributed by atoms with Gasteiger partial charge in [0.2, 0.25) is 0 Å². The van der Waals surface area contributed by atoms with E-state index in [1.54, 1.807) is 7.11 Å². The number of benzene rings is 1. The predicted molar refractivity (Wildman–Crippen MR) is 67.9 cm³/mol. The SMILES string of the molecule is CC#CCC(NC)c1cc(Cl)ccc1OC. The molecule has 1 N–H and O–H groups in total. The van der Waals surface area contributed by atoms with Gasteiger partial charge in [-0.05, 0) is 32.2 Å². The Morgan fingerprint density at radius 1 is 1.50 bits per heavy atom. The van der Waals surface area contributed by atoms with Crippen molar-refractivity contribution in [2.24, 2.45) is 0 Å². The molecule has 0 heterocycles. The van der Waals surface area contributed by atoms with Crippen LogP contribution in [0.1, 0.15) is 24.9 Å². The van der Waals surface area contributed by atoms with Crippen molar-refractivity contribution in [2.45, 2.75) is 19.4 Å². The maximum atomic E-state index is 5.99. The van der Waals surface area contributed by atoms with E-state index in [1.807, 2.05) is 32.2 Å². The van der Waals surface area contributed by atoms with E-state index in [0.29, 0.717) is 5.02 Å². The second-order valence-electron chi connectivity index (χ2n) is 3.36. The Bertz CT molecular complexity index is 406. The molecule has 0 fully saturated rings. The molecule has 3 heteroatoms. The molecule has 1 aromatic carbocycles. The van der Waals surface area contributed by atoms with Crippen LogP contribution in [0, 0.1) is 11.8 Å². The van der Waals surface area contributed by atoms with E-state index >= 15 is 0 Å². The van der Waals surface area contributed by atoms with Crippen LogP contribution >= 0.6 is 11.6 Å². The zero-order chi connectivity index (χ0) is 12.0. The van der Waals surface area contributed by atoms with Crippen molar-refractivity contribution in [3.05, 3.63) is 28.8 Å². The third-order valence-electron chi connectivity index (χ3n) is 2.40. The number of hydrogen-bond donors (Lipinski definition) is 1. The molecule has 0 aliphatic heterocycles. The summed E-state index contributed by atoms with van der Waals surface area (Å²) in [6, 6.07) is 5.75. The molecule has 1 rings (SSSR count). The second-order valence-corrected chi connectivity index (χ2v) is 3.79. The van der Waals surface area contributed by atoms with Gasteiger partial charge in [-0.25, -0.2) is 0 Å². The highest BCUT2D eigenvalue weighted by Crippen LogP contribution is 2.29. The number of methoxy groups -OCH3 is 1. The number of ether oxygens (including phenoxy) is 1. The van der Waals surface area contributed by atoms with Crippen molar-refractivity contribution >= 4 is 11.6 Å². The fourth-order valence-corrected chi connectivity index (χ4v) is 1.73. The molecule has 1 atom stereocenters. The lowest BCUT2D eigenvalue weighted by Crippen LogP contribution is -2.16. The van der Waals surface area contributed by atoms with Gasteiger partial charge in [-0.2, -0.15) is 0 Å². The van der Waals surface area contributed by atoms with E-state index in [0.717, 1.165) is 17.7 Å². The molecule has 0 aliphatic rings. The van der Waals surface area contributed by atoms with Crippen LogP contribution in [0.2, 0.25) is 5.02 Å². The van der Waals surface area contributed by atoms with Gasteiger partial charge in [0.25, 0.3) is 0 Å². The van der Waals surface area contributed by atoms with Crippen LogP contribution in [0.4, 0.5) is 0 Å². The summed E-state index contributed by atoms with van der Waals surface area (Å²) in [6.07, 6.45) is 0.740. The zero-order valence-electron chi connectivity index (χ0n) is 9.80. The molecule has 16 heavy (non-hydrogen) atoms. The van der Waals surface area contributed by atoms with Crippen molar-refractivity contribution in [3.8, 4) is 17.6 Å². The number of halogens is 1. The summed E-state index contributed by atoms with van der Waals surface area (Å²) in [5.41, 5.74) is 1.04. The summed E-state index contributed by atoms with van der Waals surface area (Å²) in [6.45, 7) is 1.84. The van der Waals surface area contributed by atoms with Gasteiger partial charge in [0.1, 0.15) is 5.75 Å². The monoisotopic (exact) mass is 237 g/mol. The van der Waals surface area contributed by atoms with Crippen molar-refractivity contribution in [1.29, 1.82) is 0 Å². The summed E-state index contributed by atoms with van der Waals surface area (Å²) >= 11 is 5.99. The van der Waals surface area contributed by atoms with Gasteiger partial charge in [-0.1, -0.05) is 11.6 Å². The summed E-state index contributed by atoms with van der Waals surface area (Å²) in [4.78, 5) is 0. The third kappa shape index (κ3) is 3.16. The molecule has 0 amide bonds. The van der Waals surface area contributed by atoms with Gasteiger partial charge >= 0.3 is 0 Å². The van der Waals surface area contributed by atoms with Crippen LogP contribution in [-0.4, -0.2) is 14.2 Å². The highest BCUT2D eigenvalue weighted by atomic mass is 35.5. The van der Waals surface area contributed by atoms with Crippen molar-refractivity contribution in [1.82, 2.24) is 5.32 Å². The highest BCUT2D eigenvalue weighted by Gasteiger charge is 2.13. The smallest absolute Gasteiger partial charge is 0.123 e. The summed E-state index contributed by atoms with van der Waals surface area (Å²) < 4.78 is 5.32. The third-order valence-corrected chi connectivity index (χ3v) is 2.63. The molecule has 0 spiro atoms. The fourth-order valence-electron chi connectivity index (χ4n) is 1.55. The summed E-state index contributed by atoms with van der Waals surface area (Å²) in [5.74, 6) is 6.78. The van der Waals surface area contributed by atoms with Crippen LogP contribution in [0.5, 0.6) is 5.75 Å². The molecule has 0 radical (unpaired) electrons. The number of nitrogens with one attached hydrogen (secondary N) is 1. The molecule has 2 nitrogen and oxygen atoms in total. The Hall–Kier alpha value is -1.17. The van der Waals surface area contributed by atoms with Gasteiger partial charge < -0.3 is 10.1 Å². The minimum atomic E-state index is 0.140. The number of hydrogen-bond acceptors (Lipinski definition) is 2. The molecule has 0 saturated carbocycles. The van der Waals surface area contributed by atoms with E-state index in [1.165, 1.54) is 0 Å². The van der Waals surface area contributed by atoms with Gasteiger partial charge in [0.05, 0.1) is 7.11 Å². The summed E-state index contributed by atoms with van der Waals surface area (Å²) in [7, 11) is 3.56. The zero-order valence-corrected chi connectivity index (χ0v) is 10.6. The van der Waals surface area contributed by atoms with E-state index in [9.17, 15) is 0 Å². The lowest BCUT2D eigenvalue weighted by Gasteiger charge is -2.17. The van der Waals surface area contributed by atoms with Crippen LogP contribution in [0.3, 0.4) is 0 Å². The first kappa shape index (κ1) is 12.9. The normalized spacial score (nSPS) is 11.5. The molecule has 1 aromatic rings. The lowest BCUT2D eigenvalue weighted by atomic mass is 10.0. The van der Waals surface area contributed by atoms with Crippen LogP contribution < -0.4 is 10.1 Å². The quantitative estimate of drug-likeness (QED) is 0.813. The molecule has 0 saturated heterocycles. The summed E-state index contributed by atoms with van der Waals surface area (Å²) in [5, 5.41) is 3.92. The Balaban J connectivity index is 3.04. The molecular formula is C13H16ClNO. The first-order valence-electron chi connectivity index (χ1n) is 5.13. The fraction of sp³-hybridized carbons (Fsp3) is 0.385. The number of rotatable bonds is 4. The maximum Gasteiger partial charge on any atom is 0.123 e. The molecule has 86 valence electrons. The standard InChI is InChI=1S/C13H16ClNO/c1-4-5-6-12(15-2)11-9-10(14)7-8-13(11)16-3/h7-9,12,15H,6H2,1-3H3. The first-order valence-corrected chi connectivity index (χ1v) is 5.51. The highest BCUT2D eigenvalue weighted by molar-refractivity contribution is 6.30. The van der Waals surface area contributed by atoms with Gasteiger partial charge in [0.15, 0.2) is 0 Å². The Morgan fingerprint density at radius 2 is 2.25 bits per heavy atom. The Kier molecular flexibility index (Phi) is 5.18. The minimum Gasteiger partial charge on any atom is -0.496 e. The second kappa shape index (κ2) is 6.42. The van der Waals surface area contributed by atoms with Gasteiger partial charge in [-0.15, -0.1) is 11.8 Å². The molecule has 0 aromatic heterocycles. The molecular weight excluding hydrogens is 222 g/mol. The van der Waals surface area contributed by atoms with Gasteiger partial charge in [-0.3, -0.25) is 0 Å². The van der Waals surface area contributed by atoms with Crippen LogP contribution in [0.15, 0.2) is 18.2 Å². The van der Waals surface area contributed by atoms with E-state index in [2.05, 4.69) is 17.2 Å². The molecule has 0 aliphatic carbocycles. The van der Waals surface area contributed by atoms with E-state index < -0.39 is 0 Å². The van der Waals surface area contributed by atoms with E-state index in [4.69, 9.17) is 16.3 Å². The maximum absolute atomic E-state index is 5.99. The molecule has 1 unspecified atom stereocenters. The van der Waals surface area contributed by atoms with Crippen molar-refractivity contribution < 1.29 is 4.74 Å². The first-order chi connectivity index (χ1) is 7.72. The Labute approximate surface area is 102 Å². The minimum absolute atomic E-state index is 0.140. The van der Waals surface area contributed by atoms with Crippen LogP contribution in [0.25, 0.3) is 0 Å². The average Bonchev–Trinajstić information content (AvgIpc) is 2.30. The predicted octanol–water partition coefficient (Wildman–Crippen LogP) is 3.02. The van der Waals surface area contributed by atoms with Crippen molar-refractivity contribution in [2.75, 3.05) is 14.2 Å². The topological polar surface area (TPSA) is 21.3 Å². The van der Waals surface area contributed by atoms with Crippen molar-refractivity contribution in [3.63, 3.8) is 0 Å². The van der Waals surface area contributed by atoms with Crippen LogP contribution in [-0.2, 0) is 0 Å². The molecule has 0 bridgehead atoms. The lowest BCUT2D eigenvalue weighted by molar-refractivity contribution is 0.402. The van der Waals surface area contributed by atoms with E-state index in [-0.39, 0.29) is 6.04 Å². The largest absolute Gasteiger partial charge is 0.496 e. The Morgan fingerprint density at radius 3 is 2.81 bits per heavy atom.